The van der Waals surface area contributed by atoms with Gasteiger partial charge in [-0.25, -0.2) is 0 Å². The highest BCUT2D eigenvalue weighted by atomic mass is 32.2. The Kier molecular flexibility index (Phi) is 4.17. The largest absolute Gasteiger partial charge is 0.381 e. The van der Waals surface area contributed by atoms with E-state index in [4.69, 9.17) is 0 Å². The van der Waals surface area contributed by atoms with Gasteiger partial charge in [-0.1, -0.05) is 30.3 Å². The third kappa shape index (κ3) is 2.91. The number of benzene rings is 2. The number of aryl methyl sites for hydroxylation is 1. The van der Waals surface area contributed by atoms with Gasteiger partial charge in [0.1, 0.15) is 6.07 Å². The summed E-state index contributed by atoms with van der Waals surface area (Å²) in [5, 5.41) is 13.0. The minimum atomic E-state index is 0.407. The lowest BCUT2D eigenvalue weighted by Crippen LogP contribution is -2.27. The number of anilines is 1. The summed E-state index contributed by atoms with van der Waals surface area (Å²) in [5.41, 5.74) is 4.63. The summed E-state index contributed by atoms with van der Waals surface area (Å²) >= 11 is 1.62. The molecule has 21 heavy (non-hydrogen) atoms. The van der Waals surface area contributed by atoms with Gasteiger partial charge in [0.25, 0.3) is 0 Å². The van der Waals surface area contributed by atoms with E-state index in [0.29, 0.717) is 6.04 Å². The minimum absolute atomic E-state index is 0.407. The average molecular weight is 294 g/mol. The molecule has 2 aromatic carbocycles. The summed E-state index contributed by atoms with van der Waals surface area (Å²) in [6.45, 7) is 0. The van der Waals surface area contributed by atoms with Crippen molar-refractivity contribution in [3.8, 4) is 6.07 Å². The van der Waals surface area contributed by atoms with Crippen LogP contribution < -0.4 is 5.32 Å². The molecule has 0 fully saturated rings. The van der Waals surface area contributed by atoms with Gasteiger partial charge in [0.15, 0.2) is 0 Å². The van der Waals surface area contributed by atoms with Gasteiger partial charge < -0.3 is 5.32 Å². The molecule has 106 valence electrons. The Bertz CT molecular complexity index is 688. The molecular weight excluding hydrogens is 276 g/mol. The molecule has 2 aromatic rings. The maximum atomic E-state index is 9.41. The molecule has 0 aromatic heterocycles. The van der Waals surface area contributed by atoms with E-state index in [0.717, 1.165) is 35.4 Å². The molecule has 0 heterocycles. The number of nitrogens with zero attached hydrogens (tertiary/aromatic N) is 1. The molecule has 3 rings (SSSR count). The van der Waals surface area contributed by atoms with E-state index < -0.39 is 0 Å². The molecule has 1 atom stereocenters. The van der Waals surface area contributed by atoms with Crippen molar-refractivity contribution in [1.82, 2.24) is 0 Å². The molecule has 1 aliphatic carbocycles. The zero-order chi connectivity index (χ0) is 14.7. The highest BCUT2D eigenvalue weighted by molar-refractivity contribution is 7.98. The van der Waals surface area contributed by atoms with Crippen LogP contribution in [0, 0.1) is 11.3 Å². The molecule has 1 aliphatic rings. The Morgan fingerprint density at radius 3 is 2.71 bits per heavy atom. The number of hydrogen-bond donors (Lipinski definition) is 1. The Morgan fingerprint density at radius 2 is 1.95 bits per heavy atom. The number of hydrogen-bond acceptors (Lipinski definition) is 3. The van der Waals surface area contributed by atoms with Crippen LogP contribution in [0.3, 0.4) is 0 Å². The molecule has 0 saturated heterocycles. The molecule has 0 amide bonds. The van der Waals surface area contributed by atoms with Gasteiger partial charge in [-0.3, -0.25) is 0 Å². The zero-order valence-electron chi connectivity index (χ0n) is 12.1. The van der Waals surface area contributed by atoms with E-state index in [1.54, 1.807) is 11.8 Å². The normalized spacial score (nSPS) is 16.9. The molecule has 1 unspecified atom stereocenters. The summed E-state index contributed by atoms with van der Waals surface area (Å²) in [4.78, 5) is 1.04. The van der Waals surface area contributed by atoms with Crippen molar-refractivity contribution >= 4 is 17.4 Å². The Morgan fingerprint density at radius 1 is 1.14 bits per heavy atom. The van der Waals surface area contributed by atoms with E-state index in [9.17, 15) is 5.26 Å². The second kappa shape index (κ2) is 6.24. The highest BCUT2D eigenvalue weighted by Gasteiger charge is 2.19. The first-order valence-electron chi connectivity index (χ1n) is 7.22. The molecule has 0 spiro atoms. The van der Waals surface area contributed by atoms with Crippen molar-refractivity contribution in [2.24, 2.45) is 0 Å². The average Bonchev–Trinajstić information content (AvgIpc) is 2.54. The fourth-order valence-corrected chi connectivity index (χ4v) is 3.55. The van der Waals surface area contributed by atoms with E-state index >= 15 is 0 Å². The van der Waals surface area contributed by atoms with Crippen molar-refractivity contribution in [2.75, 3.05) is 11.6 Å². The van der Waals surface area contributed by atoms with Crippen LogP contribution in [-0.2, 0) is 12.8 Å². The van der Waals surface area contributed by atoms with Gasteiger partial charge >= 0.3 is 0 Å². The maximum Gasteiger partial charge on any atom is 0.102 e. The maximum absolute atomic E-state index is 9.41. The lowest BCUT2D eigenvalue weighted by molar-refractivity contribution is 0.610. The molecule has 0 aliphatic heterocycles. The van der Waals surface area contributed by atoms with Crippen molar-refractivity contribution in [3.05, 3.63) is 59.2 Å². The topological polar surface area (TPSA) is 35.8 Å². The molecule has 1 N–H and O–H groups in total. The fraction of sp³-hybridized carbons (Fsp3) is 0.278. The first kappa shape index (κ1) is 14.0. The standard InChI is InChI=1S/C18H18N2S/c1-21-18-8-4-7-17(16(18)12-19)20-15-10-9-13-5-2-3-6-14(13)11-15/h2-8,15,20H,9-11H2,1H3. The number of nitriles is 1. The second-order valence-corrected chi connectivity index (χ2v) is 6.20. The van der Waals surface area contributed by atoms with Gasteiger partial charge in [-0.15, -0.1) is 11.8 Å². The van der Waals surface area contributed by atoms with Crippen LogP contribution in [0.15, 0.2) is 47.4 Å². The lowest BCUT2D eigenvalue weighted by atomic mass is 9.88. The molecular formula is C18H18N2S. The summed E-state index contributed by atoms with van der Waals surface area (Å²) in [7, 11) is 0. The summed E-state index contributed by atoms with van der Waals surface area (Å²) in [5.74, 6) is 0. The lowest BCUT2D eigenvalue weighted by Gasteiger charge is -2.27. The summed E-state index contributed by atoms with van der Waals surface area (Å²) in [6.07, 6.45) is 5.27. The molecule has 3 heteroatoms. The predicted octanol–water partition coefficient (Wildman–Crippen LogP) is 4.25. The minimum Gasteiger partial charge on any atom is -0.381 e. The van der Waals surface area contributed by atoms with Gasteiger partial charge in [-0.2, -0.15) is 5.26 Å². The number of thioether (sulfide) groups is 1. The van der Waals surface area contributed by atoms with E-state index in [-0.39, 0.29) is 0 Å². The highest BCUT2D eigenvalue weighted by Crippen LogP contribution is 2.29. The van der Waals surface area contributed by atoms with Crippen LogP contribution in [0.25, 0.3) is 0 Å². The third-order valence-electron chi connectivity index (χ3n) is 4.06. The Labute approximate surface area is 130 Å². The number of nitrogens with one attached hydrogen (secondary N) is 1. The molecule has 0 radical (unpaired) electrons. The smallest absolute Gasteiger partial charge is 0.102 e. The summed E-state index contributed by atoms with van der Waals surface area (Å²) in [6, 6.07) is 17.4. The van der Waals surface area contributed by atoms with Crippen LogP contribution in [0.4, 0.5) is 5.69 Å². The first-order valence-corrected chi connectivity index (χ1v) is 8.44. The SMILES string of the molecule is CSc1cccc(NC2CCc3ccccc3C2)c1C#N. The summed E-state index contributed by atoms with van der Waals surface area (Å²) < 4.78 is 0. The molecule has 0 bridgehead atoms. The number of rotatable bonds is 3. The van der Waals surface area contributed by atoms with Crippen LogP contribution >= 0.6 is 11.8 Å². The van der Waals surface area contributed by atoms with E-state index in [1.165, 1.54) is 11.1 Å². The third-order valence-corrected chi connectivity index (χ3v) is 4.84. The van der Waals surface area contributed by atoms with E-state index in [1.807, 2.05) is 24.5 Å². The Balaban J connectivity index is 1.81. The van der Waals surface area contributed by atoms with Gasteiger partial charge in [0.2, 0.25) is 0 Å². The van der Waals surface area contributed by atoms with Crippen molar-refractivity contribution in [2.45, 2.75) is 30.2 Å². The monoisotopic (exact) mass is 294 g/mol. The molecule has 0 saturated carbocycles. The fourth-order valence-electron chi connectivity index (χ4n) is 2.98. The van der Waals surface area contributed by atoms with Gasteiger partial charge in [0.05, 0.1) is 11.3 Å². The van der Waals surface area contributed by atoms with Crippen molar-refractivity contribution in [3.63, 3.8) is 0 Å². The van der Waals surface area contributed by atoms with Crippen molar-refractivity contribution < 1.29 is 0 Å². The van der Waals surface area contributed by atoms with Crippen LogP contribution in [0.1, 0.15) is 23.1 Å². The predicted molar refractivity (Wildman–Crippen MR) is 88.8 cm³/mol. The zero-order valence-corrected chi connectivity index (χ0v) is 12.9. The van der Waals surface area contributed by atoms with Crippen LogP contribution in [-0.4, -0.2) is 12.3 Å². The van der Waals surface area contributed by atoms with Gasteiger partial charge in [-0.05, 0) is 48.8 Å². The van der Waals surface area contributed by atoms with Crippen LogP contribution in [0.2, 0.25) is 0 Å². The molecule has 2 nitrogen and oxygen atoms in total. The quantitative estimate of drug-likeness (QED) is 0.860. The van der Waals surface area contributed by atoms with Crippen molar-refractivity contribution in [1.29, 1.82) is 5.26 Å². The van der Waals surface area contributed by atoms with Crippen LogP contribution in [0.5, 0.6) is 0 Å². The second-order valence-electron chi connectivity index (χ2n) is 5.35. The van der Waals surface area contributed by atoms with Gasteiger partial charge in [0, 0.05) is 10.9 Å². The first-order chi connectivity index (χ1) is 10.3. The van der Waals surface area contributed by atoms with E-state index in [2.05, 4.69) is 35.7 Å². The number of fused-ring (bicyclic) bond motifs is 1. The Hall–Kier alpha value is -1.92.